The average molecular weight is 289 g/mol. The van der Waals surface area contributed by atoms with Gasteiger partial charge in [0.05, 0.1) is 5.56 Å². The third kappa shape index (κ3) is 1.80. The minimum Gasteiger partial charge on any atom is -0.436 e. The van der Waals surface area contributed by atoms with Gasteiger partial charge in [-0.1, -0.05) is 12.1 Å². The molecule has 0 aliphatic rings. The van der Waals surface area contributed by atoms with Crippen LogP contribution in [0.5, 0.6) is 0 Å². The Hall–Kier alpha value is -1.81. The zero-order valence-electron chi connectivity index (χ0n) is 8.85. The third-order valence-corrected chi connectivity index (χ3v) is 3.21. The predicted octanol–water partition coefficient (Wildman–Crippen LogP) is 3.84. The van der Waals surface area contributed by atoms with Crippen LogP contribution in [0.2, 0.25) is 0 Å². The van der Waals surface area contributed by atoms with E-state index in [1.54, 1.807) is 12.1 Å². The van der Waals surface area contributed by atoms with Gasteiger partial charge in [0, 0.05) is 10.2 Å². The highest BCUT2D eigenvalue weighted by molar-refractivity contribution is 9.10. The Balaban J connectivity index is 2.22. The molecule has 0 amide bonds. The van der Waals surface area contributed by atoms with Crippen LogP contribution < -0.4 is 5.73 Å². The summed E-state index contributed by atoms with van der Waals surface area (Å²) < 4.78 is 6.65. The fraction of sp³-hybridized carbons (Fsp3) is 0. The van der Waals surface area contributed by atoms with Gasteiger partial charge in [0.1, 0.15) is 5.52 Å². The Morgan fingerprint density at radius 3 is 2.76 bits per heavy atom. The van der Waals surface area contributed by atoms with Gasteiger partial charge in [-0.3, -0.25) is 0 Å². The first-order chi connectivity index (χ1) is 8.24. The lowest BCUT2D eigenvalue weighted by molar-refractivity contribution is 0.619. The van der Waals surface area contributed by atoms with Crippen LogP contribution in [-0.4, -0.2) is 4.98 Å². The number of hydrogen-bond acceptors (Lipinski definition) is 3. The highest BCUT2D eigenvalue weighted by Crippen LogP contribution is 2.30. The Labute approximate surface area is 106 Å². The molecule has 0 aliphatic heterocycles. The lowest BCUT2D eigenvalue weighted by atomic mass is 10.2. The number of halogens is 1. The van der Waals surface area contributed by atoms with Crippen LogP contribution in [-0.2, 0) is 0 Å². The molecule has 0 spiro atoms. The number of fused-ring (bicyclic) bond motifs is 1. The van der Waals surface area contributed by atoms with E-state index in [1.165, 1.54) is 0 Å². The molecular weight excluding hydrogens is 280 g/mol. The van der Waals surface area contributed by atoms with Crippen LogP contribution in [0.3, 0.4) is 0 Å². The number of benzene rings is 2. The van der Waals surface area contributed by atoms with Gasteiger partial charge in [0.25, 0.3) is 0 Å². The number of nitrogens with two attached hydrogens (primary N) is 1. The molecule has 0 fully saturated rings. The largest absolute Gasteiger partial charge is 0.436 e. The molecule has 0 radical (unpaired) electrons. The lowest BCUT2D eigenvalue weighted by Crippen LogP contribution is -1.82. The second-order valence-corrected chi connectivity index (χ2v) is 4.58. The lowest BCUT2D eigenvalue weighted by Gasteiger charge is -1.97. The van der Waals surface area contributed by atoms with Crippen molar-refractivity contribution in [2.24, 2.45) is 0 Å². The van der Waals surface area contributed by atoms with Gasteiger partial charge >= 0.3 is 0 Å². The summed E-state index contributed by atoms with van der Waals surface area (Å²) in [6.45, 7) is 0. The molecule has 84 valence electrons. The van der Waals surface area contributed by atoms with Crippen molar-refractivity contribution >= 4 is 32.7 Å². The Bertz CT molecular complexity index is 691. The fourth-order valence-electron chi connectivity index (χ4n) is 1.69. The molecule has 17 heavy (non-hydrogen) atoms. The first-order valence-electron chi connectivity index (χ1n) is 5.15. The van der Waals surface area contributed by atoms with Crippen molar-refractivity contribution in [3.05, 3.63) is 46.9 Å². The summed E-state index contributed by atoms with van der Waals surface area (Å²) in [6.07, 6.45) is 0. The average Bonchev–Trinajstić information content (AvgIpc) is 2.72. The van der Waals surface area contributed by atoms with Crippen LogP contribution in [0.4, 0.5) is 5.69 Å². The maximum atomic E-state index is 5.71. The van der Waals surface area contributed by atoms with Crippen molar-refractivity contribution in [2.75, 3.05) is 5.73 Å². The third-order valence-electron chi connectivity index (χ3n) is 2.52. The van der Waals surface area contributed by atoms with Gasteiger partial charge in [-0.05, 0) is 46.3 Å². The van der Waals surface area contributed by atoms with Gasteiger partial charge in [-0.25, -0.2) is 4.98 Å². The molecule has 1 heterocycles. The molecule has 1 aromatic heterocycles. The quantitative estimate of drug-likeness (QED) is 0.692. The topological polar surface area (TPSA) is 52.0 Å². The number of nitrogens with zero attached hydrogens (tertiary/aromatic N) is 1. The van der Waals surface area contributed by atoms with E-state index >= 15 is 0 Å². The van der Waals surface area contributed by atoms with Crippen LogP contribution in [0.1, 0.15) is 0 Å². The smallest absolute Gasteiger partial charge is 0.228 e. The van der Waals surface area contributed by atoms with Crippen molar-refractivity contribution in [3.63, 3.8) is 0 Å². The van der Waals surface area contributed by atoms with Crippen molar-refractivity contribution in [2.45, 2.75) is 0 Å². The molecule has 3 nitrogen and oxygen atoms in total. The Morgan fingerprint density at radius 2 is 1.94 bits per heavy atom. The molecule has 3 rings (SSSR count). The Kier molecular flexibility index (Phi) is 2.37. The predicted molar refractivity (Wildman–Crippen MR) is 71.6 cm³/mol. The maximum absolute atomic E-state index is 5.71. The summed E-state index contributed by atoms with van der Waals surface area (Å²) in [4.78, 5) is 4.43. The molecule has 0 atom stereocenters. The molecule has 3 aromatic rings. The summed E-state index contributed by atoms with van der Waals surface area (Å²) in [5, 5.41) is 0. The zero-order valence-corrected chi connectivity index (χ0v) is 10.4. The Morgan fingerprint density at radius 1 is 1.12 bits per heavy atom. The fourth-order valence-corrected chi connectivity index (χ4v) is 2.15. The molecule has 2 N–H and O–H groups in total. The summed E-state index contributed by atoms with van der Waals surface area (Å²) >= 11 is 3.48. The SMILES string of the molecule is Nc1ccc2oc(-c3ccccc3Br)nc2c1. The van der Waals surface area contributed by atoms with Gasteiger partial charge < -0.3 is 10.2 Å². The highest BCUT2D eigenvalue weighted by atomic mass is 79.9. The second kappa shape index (κ2) is 3.89. The van der Waals surface area contributed by atoms with Crippen molar-refractivity contribution in [3.8, 4) is 11.5 Å². The van der Waals surface area contributed by atoms with E-state index in [-0.39, 0.29) is 0 Å². The summed E-state index contributed by atoms with van der Waals surface area (Å²) in [5.74, 6) is 0.595. The molecule has 0 bridgehead atoms. The molecule has 0 unspecified atom stereocenters. The number of anilines is 1. The van der Waals surface area contributed by atoms with E-state index in [2.05, 4.69) is 20.9 Å². The van der Waals surface area contributed by atoms with Crippen LogP contribution in [0.25, 0.3) is 22.6 Å². The first-order valence-corrected chi connectivity index (χ1v) is 5.94. The van der Waals surface area contributed by atoms with Crippen molar-refractivity contribution < 1.29 is 4.42 Å². The number of rotatable bonds is 1. The number of aromatic nitrogens is 1. The molecule has 4 heteroatoms. The first kappa shape index (κ1) is 10.4. The monoisotopic (exact) mass is 288 g/mol. The van der Waals surface area contributed by atoms with E-state index in [0.717, 1.165) is 21.1 Å². The van der Waals surface area contributed by atoms with Gasteiger partial charge in [-0.2, -0.15) is 0 Å². The van der Waals surface area contributed by atoms with E-state index in [0.29, 0.717) is 11.6 Å². The maximum Gasteiger partial charge on any atom is 0.228 e. The minimum atomic E-state index is 0.595. The molecule has 0 saturated heterocycles. The normalized spacial score (nSPS) is 10.9. The van der Waals surface area contributed by atoms with E-state index in [1.807, 2.05) is 30.3 Å². The second-order valence-electron chi connectivity index (χ2n) is 3.73. The number of oxazole rings is 1. The molecule has 0 saturated carbocycles. The van der Waals surface area contributed by atoms with Gasteiger partial charge in [-0.15, -0.1) is 0 Å². The number of hydrogen-bond donors (Lipinski definition) is 1. The molecular formula is C13H9BrN2O. The van der Waals surface area contributed by atoms with Crippen molar-refractivity contribution in [1.82, 2.24) is 4.98 Å². The summed E-state index contributed by atoms with van der Waals surface area (Å²) in [5.41, 5.74) is 8.84. The van der Waals surface area contributed by atoms with Gasteiger partial charge in [0.15, 0.2) is 5.58 Å². The van der Waals surface area contributed by atoms with E-state index < -0.39 is 0 Å². The van der Waals surface area contributed by atoms with E-state index in [4.69, 9.17) is 10.2 Å². The summed E-state index contributed by atoms with van der Waals surface area (Å²) in [6, 6.07) is 13.3. The van der Waals surface area contributed by atoms with Crippen LogP contribution in [0, 0.1) is 0 Å². The molecule has 2 aromatic carbocycles. The standard InChI is InChI=1S/C13H9BrN2O/c14-10-4-2-1-3-9(10)13-16-11-7-8(15)5-6-12(11)17-13/h1-7H,15H2. The van der Waals surface area contributed by atoms with Crippen molar-refractivity contribution in [1.29, 1.82) is 0 Å². The highest BCUT2D eigenvalue weighted by Gasteiger charge is 2.10. The van der Waals surface area contributed by atoms with E-state index in [9.17, 15) is 0 Å². The zero-order chi connectivity index (χ0) is 11.8. The van der Waals surface area contributed by atoms with Crippen LogP contribution >= 0.6 is 15.9 Å². The molecule has 0 aliphatic carbocycles. The number of nitrogen functional groups attached to an aromatic ring is 1. The minimum absolute atomic E-state index is 0.595. The van der Waals surface area contributed by atoms with Gasteiger partial charge in [0.2, 0.25) is 5.89 Å². The summed E-state index contributed by atoms with van der Waals surface area (Å²) in [7, 11) is 0. The van der Waals surface area contributed by atoms with Crippen LogP contribution in [0.15, 0.2) is 51.4 Å².